The average Bonchev–Trinajstić information content (AvgIpc) is 2.60. The van der Waals surface area contributed by atoms with Crippen LogP contribution in [0.15, 0.2) is 11.6 Å². The van der Waals surface area contributed by atoms with Gasteiger partial charge in [0.25, 0.3) is 0 Å². The fourth-order valence-electron chi connectivity index (χ4n) is 4.50. The van der Waals surface area contributed by atoms with Gasteiger partial charge in [-0.25, -0.2) is 0 Å². The molecule has 102 valence electrons. The van der Waals surface area contributed by atoms with E-state index in [1.165, 1.54) is 5.57 Å². The molecule has 1 aliphatic heterocycles. The Kier molecular flexibility index (Phi) is 2.85. The van der Waals surface area contributed by atoms with E-state index in [-0.39, 0.29) is 29.5 Å². The number of aliphatic hydroxyl groups is 2. The minimum atomic E-state index is -0.630. The molecule has 0 radical (unpaired) electrons. The van der Waals surface area contributed by atoms with E-state index in [1.54, 1.807) is 0 Å². The van der Waals surface area contributed by atoms with E-state index in [4.69, 9.17) is 4.74 Å². The van der Waals surface area contributed by atoms with Crippen LogP contribution in [0.5, 0.6) is 0 Å². The van der Waals surface area contributed by atoms with Crippen molar-refractivity contribution in [3.05, 3.63) is 11.6 Å². The van der Waals surface area contributed by atoms with Crippen LogP contribution in [0.2, 0.25) is 0 Å². The van der Waals surface area contributed by atoms with Crippen LogP contribution in [0.4, 0.5) is 0 Å². The van der Waals surface area contributed by atoms with E-state index in [1.807, 2.05) is 0 Å². The van der Waals surface area contributed by atoms with Crippen molar-refractivity contribution in [1.82, 2.24) is 0 Å². The van der Waals surface area contributed by atoms with E-state index in [9.17, 15) is 10.2 Å². The fourth-order valence-corrected chi connectivity index (χ4v) is 4.50. The van der Waals surface area contributed by atoms with Crippen molar-refractivity contribution in [3.63, 3.8) is 0 Å². The van der Waals surface area contributed by atoms with Gasteiger partial charge >= 0.3 is 0 Å². The Morgan fingerprint density at radius 2 is 2.11 bits per heavy atom. The number of hydrogen-bond acceptors (Lipinski definition) is 3. The molecule has 0 amide bonds. The van der Waals surface area contributed by atoms with E-state index >= 15 is 0 Å². The van der Waals surface area contributed by atoms with E-state index < -0.39 is 6.29 Å². The molecular weight excluding hydrogens is 228 g/mol. The third kappa shape index (κ3) is 1.54. The molecular formula is C15H24O3. The lowest BCUT2D eigenvalue weighted by atomic mass is 9.55. The maximum Gasteiger partial charge on any atom is 0.157 e. The molecule has 0 aromatic rings. The molecule has 18 heavy (non-hydrogen) atoms. The molecule has 0 unspecified atom stereocenters. The van der Waals surface area contributed by atoms with Gasteiger partial charge in [0.15, 0.2) is 6.29 Å². The molecule has 7 atom stereocenters. The monoisotopic (exact) mass is 252 g/mol. The number of fused-ring (bicyclic) bond motifs is 3. The Balaban J connectivity index is 1.98. The van der Waals surface area contributed by atoms with E-state index in [2.05, 4.69) is 26.8 Å². The lowest BCUT2D eigenvalue weighted by molar-refractivity contribution is -0.149. The summed E-state index contributed by atoms with van der Waals surface area (Å²) in [6.45, 7) is 6.42. The number of aliphatic hydroxyl groups excluding tert-OH is 2. The molecule has 2 fully saturated rings. The van der Waals surface area contributed by atoms with Crippen molar-refractivity contribution < 1.29 is 14.9 Å². The molecule has 0 bridgehead atoms. The predicted octanol–water partition coefficient (Wildman–Crippen LogP) is 2.08. The Bertz CT molecular complexity index is 378. The van der Waals surface area contributed by atoms with Crippen LogP contribution in [0.1, 0.15) is 40.0 Å². The maximum absolute atomic E-state index is 10.4. The van der Waals surface area contributed by atoms with E-state index in [0.717, 1.165) is 19.3 Å². The van der Waals surface area contributed by atoms with Crippen LogP contribution in [-0.2, 0) is 4.74 Å². The molecule has 2 aliphatic carbocycles. The zero-order valence-electron chi connectivity index (χ0n) is 11.5. The van der Waals surface area contributed by atoms with Gasteiger partial charge in [0.05, 0.1) is 12.2 Å². The molecule has 0 aromatic heterocycles. The van der Waals surface area contributed by atoms with Crippen molar-refractivity contribution in [1.29, 1.82) is 0 Å². The largest absolute Gasteiger partial charge is 0.392 e. The minimum absolute atomic E-state index is 0.0796. The highest BCUT2D eigenvalue weighted by Gasteiger charge is 2.57. The summed E-state index contributed by atoms with van der Waals surface area (Å²) < 4.78 is 5.83. The summed E-state index contributed by atoms with van der Waals surface area (Å²) in [4.78, 5) is 0. The summed E-state index contributed by atoms with van der Waals surface area (Å²) in [5.74, 6) is 0.915. The molecule has 3 nitrogen and oxygen atoms in total. The topological polar surface area (TPSA) is 49.7 Å². The quantitative estimate of drug-likeness (QED) is 0.649. The second kappa shape index (κ2) is 4.06. The highest BCUT2D eigenvalue weighted by Crippen LogP contribution is 2.56. The first-order valence-corrected chi connectivity index (χ1v) is 7.13. The summed E-state index contributed by atoms with van der Waals surface area (Å²) in [5.41, 5.74) is 1.25. The average molecular weight is 252 g/mol. The van der Waals surface area contributed by atoms with Crippen LogP contribution in [-0.4, -0.2) is 28.7 Å². The van der Waals surface area contributed by atoms with Crippen molar-refractivity contribution in [2.45, 2.75) is 58.5 Å². The van der Waals surface area contributed by atoms with Crippen LogP contribution in [0.3, 0.4) is 0 Å². The second-order valence-corrected chi connectivity index (χ2v) is 6.74. The smallest absolute Gasteiger partial charge is 0.157 e. The molecule has 3 heteroatoms. The predicted molar refractivity (Wildman–Crippen MR) is 68.7 cm³/mol. The molecule has 2 N–H and O–H groups in total. The standard InChI is InChI=1S/C15H24O3/c1-8-4-5-11(16)15(3)7-6-10-9(2)14(17)18-13(10)12(8)15/h4,9-14,16-17H,5-7H2,1-3H3/t9-,10+,11-,12-,13+,14+,15+/m1/s1. The van der Waals surface area contributed by atoms with Gasteiger partial charge in [-0.05, 0) is 32.1 Å². The van der Waals surface area contributed by atoms with Crippen molar-refractivity contribution in [3.8, 4) is 0 Å². The molecule has 3 aliphatic rings. The van der Waals surface area contributed by atoms with Gasteiger partial charge in [-0.2, -0.15) is 0 Å². The highest BCUT2D eigenvalue weighted by atomic mass is 16.6. The van der Waals surface area contributed by atoms with Crippen LogP contribution < -0.4 is 0 Å². The SMILES string of the molecule is CC1=CC[C@@H](O)[C@]2(C)CC[C@H]3[C@@H](C)[C@@H](O)O[C@@H]3[C@@H]12. The summed E-state index contributed by atoms with van der Waals surface area (Å²) in [5, 5.41) is 20.3. The molecule has 3 rings (SSSR count). The first-order chi connectivity index (χ1) is 8.45. The summed E-state index contributed by atoms with van der Waals surface area (Å²) in [6, 6.07) is 0. The third-order valence-corrected chi connectivity index (χ3v) is 5.81. The van der Waals surface area contributed by atoms with Gasteiger partial charge in [-0.1, -0.05) is 25.5 Å². The molecule has 1 saturated heterocycles. The minimum Gasteiger partial charge on any atom is -0.392 e. The number of hydrogen-bond donors (Lipinski definition) is 2. The lowest BCUT2D eigenvalue weighted by Crippen LogP contribution is -2.52. The summed E-state index contributed by atoms with van der Waals surface area (Å²) >= 11 is 0. The van der Waals surface area contributed by atoms with Gasteiger partial charge < -0.3 is 14.9 Å². The Labute approximate surface area is 109 Å². The zero-order valence-corrected chi connectivity index (χ0v) is 11.5. The van der Waals surface area contributed by atoms with Crippen molar-refractivity contribution in [2.24, 2.45) is 23.2 Å². The molecule has 0 aromatic carbocycles. The normalized spacial score (nSPS) is 55.7. The van der Waals surface area contributed by atoms with Gasteiger partial charge in [-0.3, -0.25) is 0 Å². The van der Waals surface area contributed by atoms with Gasteiger partial charge in [0.2, 0.25) is 0 Å². The first kappa shape index (κ1) is 12.6. The van der Waals surface area contributed by atoms with Crippen LogP contribution in [0, 0.1) is 23.2 Å². The Morgan fingerprint density at radius 3 is 2.83 bits per heavy atom. The first-order valence-electron chi connectivity index (χ1n) is 7.13. The highest BCUT2D eigenvalue weighted by molar-refractivity contribution is 5.21. The molecule has 0 spiro atoms. The van der Waals surface area contributed by atoms with Crippen molar-refractivity contribution in [2.75, 3.05) is 0 Å². The van der Waals surface area contributed by atoms with Crippen molar-refractivity contribution >= 4 is 0 Å². The van der Waals surface area contributed by atoms with Crippen LogP contribution in [0.25, 0.3) is 0 Å². The molecule has 1 heterocycles. The maximum atomic E-state index is 10.4. The van der Waals surface area contributed by atoms with Gasteiger partial charge in [0, 0.05) is 17.3 Å². The van der Waals surface area contributed by atoms with Gasteiger partial charge in [0.1, 0.15) is 0 Å². The zero-order chi connectivity index (χ0) is 13.1. The van der Waals surface area contributed by atoms with Crippen LogP contribution >= 0.6 is 0 Å². The molecule has 1 saturated carbocycles. The lowest BCUT2D eigenvalue weighted by Gasteiger charge is -2.52. The Morgan fingerprint density at radius 1 is 1.39 bits per heavy atom. The van der Waals surface area contributed by atoms with Gasteiger partial charge in [-0.15, -0.1) is 0 Å². The summed E-state index contributed by atoms with van der Waals surface area (Å²) in [6.07, 6.45) is 4.18. The fraction of sp³-hybridized carbons (Fsp3) is 0.867. The second-order valence-electron chi connectivity index (χ2n) is 6.74. The van der Waals surface area contributed by atoms with E-state index in [0.29, 0.717) is 5.92 Å². The third-order valence-electron chi connectivity index (χ3n) is 5.81. The summed E-state index contributed by atoms with van der Waals surface area (Å²) in [7, 11) is 0. The number of rotatable bonds is 0. The number of ether oxygens (including phenoxy) is 1. The Hall–Kier alpha value is -0.380.